The second-order valence-corrected chi connectivity index (χ2v) is 19.1. The van der Waals surface area contributed by atoms with Gasteiger partial charge in [-0.2, -0.15) is 29.8 Å². The highest BCUT2D eigenvalue weighted by molar-refractivity contribution is 7.86. The summed E-state index contributed by atoms with van der Waals surface area (Å²) in [6.45, 7) is 9.19. The number of carbonyl (C=O) groups is 1. The van der Waals surface area contributed by atoms with Crippen molar-refractivity contribution in [2.45, 2.75) is 86.8 Å². The van der Waals surface area contributed by atoms with Crippen LogP contribution in [0, 0.1) is 0 Å². The largest absolute Gasteiger partial charge is 0.356 e. The molecule has 0 aromatic heterocycles. The van der Waals surface area contributed by atoms with E-state index in [0.717, 1.165) is 29.9 Å². The zero-order valence-electron chi connectivity index (χ0n) is 31.8. The number of hydrogen-bond donors (Lipinski definition) is 4. The fourth-order valence-corrected chi connectivity index (χ4v) is 8.62. The first kappa shape index (κ1) is 44.4. The lowest BCUT2D eigenvalue weighted by atomic mass is 9.81. The van der Waals surface area contributed by atoms with Gasteiger partial charge in [-0.3, -0.25) is 18.5 Å². The highest BCUT2D eigenvalue weighted by Gasteiger charge is 2.45. The fraction of sp³-hybridized carbons (Fsp3) is 0.459. The molecular formula is C37H49N6O10S3+. The smallest absolute Gasteiger partial charge is 0.294 e. The Labute approximate surface area is 328 Å². The van der Waals surface area contributed by atoms with Crippen LogP contribution in [0.1, 0.15) is 77.3 Å². The van der Waals surface area contributed by atoms with Crippen molar-refractivity contribution in [3.05, 3.63) is 94.0 Å². The van der Waals surface area contributed by atoms with E-state index in [1.807, 2.05) is 50.5 Å². The van der Waals surface area contributed by atoms with Crippen LogP contribution in [0.25, 0.3) is 10.4 Å². The molecule has 16 nitrogen and oxygen atoms in total. The molecule has 0 aliphatic carbocycles. The zero-order chi connectivity index (χ0) is 41.5. The van der Waals surface area contributed by atoms with Gasteiger partial charge >= 0.3 is 0 Å². The summed E-state index contributed by atoms with van der Waals surface area (Å²) in [7, 11) is -13.2. The molecule has 2 aliphatic heterocycles. The van der Waals surface area contributed by atoms with Crippen LogP contribution in [0.15, 0.2) is 87.4 Å². The van der Waals surface area contributed by atoms with E-state index >= 15 is 0 Å². The van der Waals surface area contributed by atoms with Gasteiger partial charge in [-0.05, 0) is 80.6 Å². The first-order valence-electron chi connectivity index (χ1n) is 18.0. The maximum atomic E-state index is 12.2. The van der Waals surface area contributed by atoms with Crippen LogP contribution in [0.4, 0.5) is 11.4 Å². The molecule has 19 heteroatoms. The third-order valence-electron chi connectivity index (χ3n) is 9.94. The normalized spacial score (nSPS) is 17.1. The Kier molecular flexibility index (Phi) is 14.1. The Morgan fingerprint density at radius 3 is 2.16 bits per heavy atom. The molecule has 1 amide bonds. The van der Waals surface area contributed by atoms with Crippen molar-refractivity contribution in [2.75, 3.05) is 36.8 Å². The molecule has 0 radical (unpaired) electrons. The average molecular weight is 834 g/mol. The van der Waals surface area contributed by atoms with Gasteiger partial charge in [-0.1, -0.05) is 43.6 Å². The fourth-order valence-electron chi connectivity index (χ4n) is 7.12. The summed E-state index contributed by atoms with van der Waals surface area (Å²) < 4.78 is 102. The predicted molar refractivity (Wildman–Crippen MR) is 213 cm³/mol. The first-order chi connectivity index (χ1) is 26.1. The lowest BCUT2D eigenvalue weighted by molar-refractivity contribution is -0.437. The molecule has 2 aromatic rings. The van der Waals surface area contributed by atoms with Gasteiger partial charge in [0.05, 0.1) is 21.0 Å². The Morgan fingerprint density at radius 2 is 1.52 bits per heavy atom. The molecule has 4 rings (SSSR count). The molecule has 2 heterocycles. The Hall–Kier alpha value is -4.36. The SMILES string of the molecule is CC1(C)C(=CC=CC=CC2=[N+](CCCS(=O)(=O)O)c3ccc(S(=O)(=O)O)cc3C2(C)C)N(CCCCCC(=O)NCCCN=[N+]=[N-])c2ccc(S(=O)(=O)O)cc21. The molecule has 0 saturated carbocycles. The molecule has 56 heavy (non-hydrogen) atoms. The maximum Gasteiger partial charge on any atom is 0.294 e. The number of unbranched alkanes of at least 4 members (excludes halogenated alkanes) is 2. The van der Waals surface area contributed by atoms with Gasteiger partial charge in [-0.25, -0.2) is 0 Å². The van der Waals surface area contributed by atoms with Gasteiger partial charge < -0.3 is 10.2 Å². The predicted octanol–water partition coefficient (Wildman–Crippen LogP) is 6.01. The van der Waals surface area contributed by atoms with E-state index in [2.05, 4.69) is 20.2 Å². The second kappa shape index (κ2) is 17.8. The molecule has 0 bridgehead atoms. The van der Waals surface area contributed by atoms with Crippen LogP contribution in [0.2, 0.25) is 0 Å². The monoisotopic (exact) mass is 833 g/mol. The van der Waals surface area contributed by atoms with Crippen LogP contribution in [-0.4, -0.2) is 87.0 Å². The lowest BCUT2D eigenvalue weighted by Gasteiger charge is -2.27. The lowest BCUT2D eigenvalue weighted by Crippen LogP contribution is -2.28. The summed E-state index contributed by atoms with van der Waals surface area (Å²) in [5, 5.41) is 6.26. The van der Waals surface area contributed by atoms with Crippen molar-refractivity contribution in [2.24, 2.45) is 5.11 Å². The number of fused-ring (bicyclic) bond motifs is 2. The third kappa shape index (κ3) is 10.9. The number of azide groups is 1. The van der Waals surface area contributed by atoms with Crippen molar-refractivity contribution in [1.29, 1.82) is 0 Å². The molecule has 0 fully saturated rings. The van der Waals surface area contributed by atoms with Crippen molar-refractivity contribution in [1.82, 2.24) is 5.32 Å². The van der Waals surface area contributed by atoms with Crippen molar-refractivity contribution in [3.63, 3.8) is 0 Å². The Morgan fingerprint density at radius 1 is 0.857 bits per heavy atom. The number of allylic oxidation sites excluding steroid dienone is 6. The van der Waals surface area contributed by atoms with Crippen LogP contribution < -0.4 is 10.2 Å². The number of carbonyl (C=O) groups excluding carboxylic acids is 1. The number of nitrogens with one attached hydrogen (secondary N) is 1. The van der Waals surface area contributed by atoms with Crippen molar-refractivity contribution in [3.8, 4) is 0 Å². The molecule has 0 spiro atoms. The number of anilines is 1. The van der Waals surface area contributed by atoms with Gasteiger partial charge in [-0.15, -0.1) is 0 Å². The second-order valence-electron chi connectivity index (χ2n) is 14.7. The zero-order valence-corrected chi connectivity index (χ0v) is 34.2. The molecule has 2 aliphatic rings. The molecular weight excluding hydrogens is 785 g/mol. The number of benzene rings is 2. The maximum absolute atomic E-state index is 12.2. The van der Waals surface area contributed by atoms with Crippen molar-refractivity contribution < 1.29 is 48.3 Å². The molecule has 0 unspecified atom stereocenters. The number of hydrogen-bond acceptors (Lipinski definition) is 9. The summed E-state index contributed by atoms with van der Waals surface area (Å²) in [5.41, 5.74) is 11.3. The van der Waals surface area contributed by atoms with Crippen molar-refractivity contribution >= 4 is 53.3 Å². The molecule has 0 atom stereocenters. The minimum Gasteiger partial charge on any atom is -0.356 e. The molecule has 4 N–H and O–H groups in total. The van der Waals surface area contributed by atoms with E-state index in [0.29, 0.717) is 55.7 Å². The molecule has 2 aromatic carbocycles. The summed E-state index contributed by atoms with van der Waals surface area (Å²) in [4.78, 5) is 16.5. The highest BCUT2D eigenvalue weighted by atomic mass is 32.2. The van der Waals surface area contributed by atoms with Gasteiger partial charge in [0, 0.05) is 71.9 Å². The van der Waals surface area contributed by atoms with Gasteiger partial charge in [0.1, 0.15) is 6.54 Å². The summed E-state index contributed by atoms with van der Waals surface area (Å²) in [5.74, 6) is -0.550. The van der Waals surface area contributed by atoms with E-state index in [1.54, 1.807) is 24.3 Å². The topological polar surface area (TPSA) is 247 Å². The molecule has 0 saturated heterocycles. The highest BCUT2D eigenvalue weighted by Crippen LogP contribution is 2.48. The number of rotatable bonds is 19. The van der Waals surface area contributed by atoms with Crippen LogP contribution >= 0.6 is 0 Å². The van der Waals surface area contributed by atoms with Gasteiger partial charge in [0.2, 0.25) is 11.6 Å². The van der Waals surface area contributed by atoms with Gasteiger partial charge in [0.15, 0.2) is 5.71 Å². The minimum atomic E-state index is -4.49. The number of nitrogens with zero attached hydrogens (tertiary/aromatic N) is 5. The van der Waals surface area contributed by atoms with E-state index in [1.165, 1.54) is 24.3 Å². The summed E-state index contributed by atoms with van der Waals surface area (Å²) in [6, 6.07) is 8.76. The van der Waals surface area contributed by atoms with E-state index in [-0.39, 0.29) is 28.7 Å². The van der Waals surface area contributed by atoms with Crippen LogP contribution in [0.3, 0.4) is 0 Å². The first-order valence-corrected chi connectivity index (χ1v) is 22.5. The van der Waals surface area contributed by atoms with Crippen LogP contribution in [0.5, 0.6) is 0 Å². The van der Waals surface area contributed by atoms with E-state index < -0.39 is 46.9 Å². The Balaban J connectivity index is 1.58. The quantitative estimate of drug-likeness (QED) is 0.0243. The Bertz CT molecular complexity index is 2340. The van der Waals surface area contributed by atoms with E-state index in [9.17, 15) is 43.7 Å². The third-order valence-corrected chi connectivity index (χ3v) is 12.4. The standard InChI is InChI=1S/C37H48N6O10S3/c1-36(2)29-25-27(55(48,49)50)16-18-31(29)42(22-10-6-9-15-35(44)39-20-11-21-40-41-38)33(36)13-7-5-8-14-34-37(3,4)30-26-28(56(51,52)53)17-19-32(30)43(34)23-12-24-54(45,46)47/h5,7-8,13-14,16-19,25-26H,6,9-12,15,20-24H2,1-4H3,(H3-,39,44,45,46,47,48,49,50,51,52,53)/p+1. The molecule has 304 valence electrons. The summed E-state index contributed by atoms with van der Waals surface area (Å²) >= 11 is 0. The van der Waals surface area contributed by atoms with Gasteiger partial charge in [0.25, 0.3) is 30.4 Å². The average Bonchev–Trinajstić information content (AvgIpc) is 3.44. The van der Waals surface area contributed by atoms with Crippen LogP contribution in [-0.2, 0) is 46.0 Å². The minimum absolute atomic E-state index is 0.0813. The number of amides is 1. The van der Waals surface area contributed by atoms with E-state index in [4.69, 9.17) is 5.53 Å². The summed E-state index contributed by atoms with van der Waals surface area (Å²) in [6.07, 6.45) is 12.3.